The second kappa shape index (κ2) is 7.60. The lowest BCUT2D eigenvalue weighted by Crippen LogP contribution is -1.89. The third-order valence-corrected chi connectivity index (χ3v) is 2.65. The van der Waals surface area contributed by atoms with Crippen LogP contribution in [-0.4, -0.2) is 10.5 Å². The van der Waals surface area contributed by atoms with E-state index in [0.717, 1.165) is 12.8 Å². The highest BCUT2D eigenvalue weighted by molar-refractivity contribution is 5.29. The van der Waals surface area contributed by atoms with Gasteiger partial charge in [-0.15, -0.1) is 0 Å². The monoisotopic (exact) mass is 230 g/mol. The zero-order valence-electron chi connectivity index (χ0n) is 10.0. The van der Waals surface area contributed by atoms with E-state index in [1.807, 2.05) is 0 Å². The van der Waals surface area contributed by atoms with E-state index in [4.69, 9.17) is 10.5 Å². The van der Waals surface area contributed by atoms with Gasteiger partial charge in [-0.1, -0.05) is 61.5 Å². The fraction of sp³-hybridized carbons (Fsp3) is 0.200. The van der Waals surface area contributed by atoms with Crippen molar-refractivity contribution in [3.8, 4) is 0 Å². The van der Waals surface area contributed by atoms with E-state index in [9.17, 15) is 0 Å². The molecule has 0 aliphatic rings. The molecule has 0 fully saturated rings. The van der Waals surface area contributed by atoms with Crippen LogP contribution in [0.4, 0.5) is 0 Å². The summed E-state index contributed by atoms with van der Waals surface area (Å²) < 4.78 is 0. The summed E-state index contributed by atoms with van der Waals surface area (Å²) in [7, 11) is 0. The Kier molecular flexibility index (Phi) is 6.00. The van der Waals surface area contributed by atoms with E-state index < -0.39 is 0 Å². The Hall–Kier alpha value is -1.64. The zero-order chi connectivity index (χ0) is 12.5. The van der Waals surface area contributed by atoms with Crippen LogP contribution in [0.3, 0.4) is 0 Å². The Morgan fingerprint density at radius 1 is 0.765 bits per heavy atom. The molecule has 2 rings (SSSR count). The van der Waals surface area contributed by atoms with Crippen molar-refractivity contribution >= 4 is 0 Å². The van der Waals surface area contributed by atoms with Gasteiger partial charge in [0.25, 0.3) is 0 Å². The molecule has 0 radical (unpaired) electrons. The maximum Gasteiger partial charge on any atom is -0.00257 e. The van der Waals surface area contributed by atoms with Crippen LogP contribution in [0, 0.1) is 0 Å². The molecule has 0 heterocycles. The zero-order valence-corrected chi connectivity index (χ0v) is 10.0. The van der Waals surface area contributed by atoms with Crippen LogP contribution in [0.5, 0.6) is 0 Å². The second-order valence-corrected chi connectivity index (χ2v) is 3.84. The molecule has 0 bridgehead atoms. The van der Waals surface area contributed by atoms with Crippen LogP contribution in [0.1, 0.15) is 23.6 Å². The van der Waals surface area contributed by atoms with E-state index in [-0.39, 0.29) is 0 Å². The first kappa shape index (κ1) is 13.4. The molecular weight excluding hydrogens is 212 g/mol. The minimum absolute atomic E-state index is 1.04. The summed E-state index contributed by atoms with van der Waals surface area (Å²) in [6.07, 6.45) is 2.15. The highest BCUT2D eigenvalue weighted by Gasteiger charge is 1.96. The molecule has 0 saturated heterocycles. The first-order valence-corrected chi connectivity index (χ1v) is 5.70. The maximum atomic E-state index is 6.00. The lowest BCUT2D eigenvalue weighted by molar-refractivity contribution is -0.176. The van der Waals surface area contributed by atoms with Gasteiger partial charge >= 0.3 is 0 Å². The van der Waals surface area contributed by atoms with E-state index in [0.29, 0.717) is 0 Å². The van der Waals surface area contributed by atoms with Crippen molar-refractivity contribution in [2.75, 3.05) is 0 Å². The van der Waals surface area contributed by atoms with Gasteiger partial charge < -0.3 is 0 Å². The summed E-state index contributed by atoms with van der Waals surface area (Å²) in [4.78, 5) is 0. The minimum Gasteiger partial charge on any atom is -0.255 e. The van der Waals surface area contributed by atoms with Crippen LogP contribution in [-0.2, 0) is 12.8 Å². The Labute approximate surface area is 102 Å². The van der Waals surface area contributed by atoms with Gasteiger partial charge in [0.15, 0.2) is 0 Å². The van der Waals surface area contributed by atoms with Gasteiger partial charge in [-0.25, -0.2) is 0 Å². The largest absolute Gasteiger partial charge is 0.255 e. The van der Waals surface area contributed by atoms with Crippen LogP contribution in [0.25, 0.3) is 0 Å². The molecule has 90 valence electrons. The highest BCUT2D eigenvalue weighted by Crippen LogP contribution is 2.11. The van der Waals surface area contributed by atoms with Crippen molar-refractivity contribution in [3.63, 3.8) is 0 Å². The maximum absolute atomic E-state index is 6.00. The summed E-state index contributed by atoms with van der Waals surface area (Å²) in [5.41, 5.74) is 4.20. The molecule has 0 atom stereocenters. The number of benzene rings is 2. The summed E-state index contributed by atoms with van der Waals surface area (Å²) in [5.74, 6) is 0. The third-order valence-electron chi connectivity index (χ3n) is 2.65. The van der Waals surface area contributed by atoms with Crippen LogP contribution in [0.2, 0.25) is 0 Å². The summed E-state index contributed by atoms with van der Waals surface area (Å²) in [5, 5.41) is 12.0. The molecule has 0 aromatic heterocycles. The lowest BCUT2D eigenvalue weighted by atomic mass is 10.0. The number of rotatable bonds is 3. The Morgan fingerprint density at radius 3 is 2.00 bits per heavy atom. The van der Waals surface area contributed by atoms with Gasteiger partial charge in [-0.3, -0.25) is 10.5 Å². The first-order chi connectivity index (χ1) is 8.38. The van der Waals surface area contributed by atoms with Gasteiger partial charge in [-0.2, -0.15) is 0 Å². The summed E-state index contributed by atoms with van der Waals surface area (Å²) in [6.45, 7) is 2.20. The number of hydrogen-bond donors (Lipinski definition) is 2. The topological polar surface area (TPSA) is 40.5 Å². The van der Waals surface area contributed by atoms with Crippen molar-refractivity contribution in [1.29, 1.82) is 0 Å². The predicted molar refractivity (Wildman–Crippen MR) is 70.3 cm³/mol. The lowest BCUT2D eigenvalue weighted by Gasteiger charge is -2.03. The van der Waals surface area contributed by atoms with Crippen molar-refractivity contribution < 1.29 is 10.5 Å². The molecule has 0 amide bonds. The summed E-state index contributed by atoms with van der Waals surface area (Å²) in [6, 6.07) is 19.5. The van der Waals surface area contributed by atoms with Crippen molar-refractivity contribution in [1.82, 2.24) is 0 Å². The molecule has 17 heavy (non-hydrogen) atoms. The van der Waals surface area contributed by atoms with E-state index in [2.05, 4.69) is 61.5 Å². The summed E-state index contributed by atoms with van der Waals surface area (Å²) >= 11 is 0. The highest BCUT2D eigenvalue weighted by atomic mass is 17.0. The first-order valence-electron chi connectivity index (χ1n) is 5.70. The van der Waals surface area contributed by atoms with Crippen LogP contribution < -0.4 is 0 Å². The standard InChI is InChI=1S/C15H16.H2O2/c1-2-13-9-6-10-15(11-13)12-14-7-4-3-5-8-14;1-2/h3-11H,2,12H2,1H3;1-2H. The van der Waals surface area contributed by atoms with Gasteiger partial charge in [0, 0.05) is 0 Å². The average Bonchev–Trinajstić information content (AvgIpc) is 2.42. The molecule has 0 unspecified atom stereocenters. The Bertz CT molecular complexity index is 424. The van der Waals surface area contributed by atoms with Crippen molar-refractivity contribution in [3.05, 3.63) is 71.3 Å². The van der Waals surface area contributed by atoms with Crippen molar-refractivity contribution in [2.45, 2.75) is 19.8 Å². The van der Waals surface area contributed by atoms with Gasteiger partial charge in [0.1, 0.15) is 0 Å². The van der Waals surface area contributed by atoms with Crippen LogP contribution >= 0.6 is 0 Å². The Morgan fingerprint density at radius 2 is 1.35 bits per heavy atom. The van der Waals surface area contributed by atoms with Crippen molar-refractivity contribution in [2.24, 2.45) is 0 Å². The van der Waals surface area contributed by atoms with Gasteiger partial charge in [0.2, 0.25) is 0 Å². The third kappa shape index (κ3) is 4.39. The van der Waals surface area contributed by atoms with E-state index in [1.165, 1.54) is 16.7 Å². The molecule has 0 spiro atoms. The fourth-order valence-electron chi connectivity index (χ4n) is 1.79. The average molecular weight is 230 g/mol. The van der Waals surface area contributed by atoms with Crippen LogP contribution in [0.15, 0.2) is 54.6 Å². The van der Waals surface area contributed by atoms with Gasteiger partial charge in [-0.05, 0) is 29.5 Å². The minimum atomic E-state index is 1.04. The second-order valence-electron chi connectivity index (χ2n) is 3.84. The molecular formula is C15H18O2. The molecule has 2 aromatic rings. The number of aryl methyl sites for hydroxylation is 1. The predicted octanol–water partition coefficient (Wildman–Crippen LogP) is 3.86. The molecule has 2 nitrogen and oxygen atoms in total. The SMILES string of the molecule is CCc1cccc(Cc2ccccc2)c1.OO. The molecule has 2 N–H and O–H groups in total. The van der Waals surface area contributed by atoms with E-state index >= 15 is 0 Å². The number of hydrogen-bond acceptors (Lipinski definition) is 2. The molecule has 0 aliphatic carbocycles. The molecule has 0 aliphatic heterocycles. The molecule has 0 saturated carbocycles. The fourth-order valence-corrected chi connectivity index (χ4v) is 1.79. The smallest absolute Gasteiger partial charge is 0.00257 e. The quantitative estimate of drug-likeness (QED) is 0.621. The van der Waals surface area contributed by atoms with E-state index in [1.54, 1.807) is 0 Å². The Balaban J connectivity index is 0.000000686. The molecule has 2 aromatic carbocycles. The van der Waals surface area contributed by atoms with Gasteiger partial charge in [0.05, 0.1) is 0 Å². The normalized spacial score (nSPS) is 9.35. The molecule has 2 heteroatoms.